The van der Waals surface area contributed by atoms with E-state index in [9.17, 15) is 0 Å². The van der Waals surface area contributed by atoms with Crippen LogP contribution in [0.1, 0.15) is 0 Å². The van der Waals surface area contributed by atoms with E-state index in [1.807, 2.05) is 11.3 Å². The molecule has 3 nitrogen and oxygen atoms in total. The summed E-state index contributed by atoms with van der Waals surface area (Å²) >= 11 is 3.64. The Hall–Kier alpha value is -6.66. The van der Waals surface area contributed by atoms with E-state index in [1.54, 1.807) is 11.3 Å². The van der Waals surface area contributed by atoms with Gasteiger partial charge in [0.1, 0.15) is 0 Å². The van der Waals surface area contributed by atoms with Crippen molar-refractivity contribution in [2.45, 2.75) is 0 Å². The molecule has 0 radical (unpaired) electrons. The lowest BCUT2D eigenvalue weighted by Gasteiger charge is -2.13. The molecule has 0 saturated heterocycles. The van der Waals surface area contributed by atoms with Gasteiger partial charge >= 0.3 is 0 Å². The molecule has 0 saturated carbocycles. The van der Waals surface area contributed by atoms with Crippen LogP contribution < -0.4 is 0 Å². The third kappa shape index (κ3) is 4.03. The molecule has 0 aliphatic rings. The Kier molecular flexibility index (Phi) is 5.93. The summed E-state index contributed by atoms with van der Waals surface area (Å²) in [6, 6.07) is 59.8. The smallest absolute Gasteiger partial charge is 0.235 e. The van der Waals surface area contributed by atoms with Crippen molar-refractivity contribution in [2.24, 2.45) is 0 Å². The van der Waals surface area contributed by atoms with Crippen molar-refractivity contribution >= 4 is 128 Å². The van der Waals surface area contributed by atoms with E-state index < -0.39 is 0 Å². The molecule has 0 spiro atoms. The highest BCUT2D eigenvalue weighted by atomic mass is 32.1. The number of fused-ring (bicyclic) bond motifs is 17. The maximum atomic E-state index is 5.67. The van der Waals surface area contributed by atoms with E-state index in [2.05, 4.69) is 168 Å². The minimum atomic E-state index is 0.684. The van der Waals surface area contributed by atoms with Crippen molar-refractivity contribution in [1.82, 2.24) is 14.5 Å². The predicted octanol–water partition coefficient (Wildman–Crippen LogP) is 14.6. The third-order valence-electron chi connectivity index (χ3n) is 11.6. The van der Waals surface area contributed by atoms with Gasteiger partial charge in [-0.15, -0.1) is 22.7 Å². The Balaban J connectivity index is 1.23. The van der Waals surface area contributed by atoms with Crippen molar-refractivity contribution in [2.75, 3.05) is 0 Å². The summed E-state index contributed by atoms with van der Waals surface area (Å²) in [5, 5.41) is 16.1. The lowest BCUT2D eigenvalue weighted by molar-refractivity contribution is 1.02. The van der Waals surface area contributed by atoms with Gasteiger partial charge in [-0.3, -0.25) is 4.57 Å². The highest BCUT2D eigenvalue weighted by molar-refractivity contribution is 7.27. The third-order valence-corrected chi connectivity index (χ3v) is 14.0. The van der Waals surface area contributed by atoms with Gasteiger partial charge in [0.05, 0.1) is 26.9 Å². The number of nitrogens with zero attached hydrogens (tertiary/aromatic N) is 3. The first-order valence-corrected chi connectivity index (χ1v) is 20.2. The van der Waals surface area contributed by atoms with E-state index in [1.165, 1.54) is 78.7 Å². The van der Waals surface area contributed by atoms with Crippen LogP contribution in [0.4, 0.5) is 0 Å². The van der Waals surface area contributed by atoms with Crippen LogP contribution in [0.15, 0.2) is 164 Å². The number of hydrogen-bond donors (Lipinski definition) is 0. The molecular formula is C50H27N3S2. The van der Waals surface area contributed by atoms with Crippen molar-refractivity contribution in [3.63, 3.8) is 0 Å². The standard InChI is InChI=1S/C50H27N3S2/c1-2-13-29-27-41-39(26-28(29)12-1)45-40(25-24-35-32-16-4-3-14-30(32)31-15-5-6-18-34(31)44(35)45)53(41)50-51-46-37-19-8-10-23-43(37)55-49(46)47(52-50)38-21-11-20-36-33-17-7-9-22-42(33)54-48(36)38/h1-27H. The summed E-state index contributed by atoms with van der Waals surface area (Å²) in [5.41, 5.74) is 5.32. The Labute approximate surface area is 322 Å². The van der Waals surface area contributed by atoms with Gasteiger partial charge in [-0.1, -0.05) is 133 Å². The quantitative estimate of drug-likeness (QED) is 0.166. The summed E-state index contributed by atoms with van der Waals surface area (Å²) in [7, 11) is 0. The Bertz CT molecular complexity index is 3760. The predicted molar refractivity (Wildman–Crippen MR) is 238 cm³/mol. The molecule has 0 bridgehead atoms. The molecule has 4 heterocycles. The number of aromatic nitrogens is 3. The fraction of sp³-hybridized carbons (Fsp3) is 0. The molecule has 0 unspecified atom stereocenters. The Morgan fingerprint density at radius 3 is 1.75 bits per heavy atom. The maximum Gasteiger partial charge on any atom is 0.235 e. The zero-order valence-corrected chi connectivity index (χ0v) is 30.9. The summed E-state index contributed by atoms with van der Waals surface area (Å²) in [6.45, 7) is 0. The van der Waals surface area contributed by atoms with E-state index in [0.29, 0.717) is 5.95 Å². The minimum Gasteiger partial charge on any atom is -0.278 e. The van der Waals surface area contributed by atoms with Gasteiger partial charge in [0, 0.05) is 52.0 Å². The fourth-order valence-corrected chi connectivity index (χ4v) is 11.6. The molecule has 0 atom stereocenters. The van der Waals surface area contributed by atoms with Crippen LogP contribution >= 0.6 is 22.7 Å². The molecule has 0 N–H and O–H groups in total. The van der Waals surface area contributed by atoms with Gasteiger partial charge in [0.15, 0.2) is 0 Å². The molecule has 0 aliphatic heterocycles. The lowest BCUT2D eigenvalue weighted by atomic mass is 9.91. The first-order valence-electron chi connectivity index (χ1n) is 18.6. The largest absolute Gasteiger partial charge is 0.278 e. The molecule has 0 fully saturated rings. The van der Waals surface area contributed by atoms with E-state index in [0.717, 1.165) is 37.9 Å². The first kappa shape index (κ1) is 29.8. The van der Waals surface area contributed by atoms with Gasteiger partial charge in [-0.2, -0.15) is 0 Å². The number of rotatable bonds is 2. The molecule has 5 heteroatoms. The number of thiophene rings is 2. The van der Waals surface area contributed by atoms with Gasteiger partial charge < -0.3 is 0 Å². The average Bonchev–Trinajstić information content (AvgIpc) is 3.92. The van der Waals surface area contributed by atoms with Crippen LogP contribution in [0.5, 0.6) is 0 Å². The molecule has 13 rings (SSSR count). The fourth-order valence-electron chi connectivity index (χ4n) is 9.20. The Morgan fingerprint density at radius 2 is 0.964 bits per heavy atom. The van der Waals surface area contributed by atoms with Crippen molar-refractivity contribution < 1.29 is 0 Å². The van der Waals surface area contributed by atoms with Crippen LogP contribution in [0.25, 0.3) is 123 Å². The number of benzene rings is 9. The van der Waals surface area contributed by atoms with Crippen LogP contribution in [-0.2, 0) is 0 Å². The second-order valence-corrected chi connectivity index (χ2v) is 16.6. The van der Waals surface area contributed by atoms with Crippen molar-refractivity contribution in [3.05, 3.63) is 164 Å². The van der Waals surface area contributed by atoms with E-state index in [4.69, 9.17) is 9.97 Å². The first-order chi connectivity index (χ1) is 27.3. The monoisotopic (exact) mass is 733 g/mol. The topological polar surface area (TPSA) is 30.7 Å². The van der Waals surface area contributed by atoms with Crippen LogP contribution in [0.2, 0.25) is 0 Å². The van der Waals surface area contributed by atoms with Gasteiger partial charge in [-0.05, 0) is 68.0 Å². The second kappa shape index (κ2) is 11.0. The van der Waals surface area contributed by atoms with E-state index >= 15 is 0 Å². The van der Waals surface area contributed by atoms with E-state index in [-0.39, 0.29) is 0 Å². The highest BCUT2D eigenvalue weighted by Crippen LogP contribution is 2.47. The van der Waals surface area contributed by atoms with Crippen molar-refractivity contribution in [3.8, 4) is 17.2 Å². The van der Waals surface area contributed by atoms with Crippen LogP contribution in [0, 0.1) is 0 Å². The zero-order chi connectivity index (χ0) is 35.8. The van der Waals surface area contributed by atoms with Crippen LogP contribution in [-0.4, -0.2) is 14.5 Å². The van der Waals surface area contributed by atoms with Crippen LogP contribution in [0.3, 0.4) is 0 Å². The molecule has 9 aromatic carbocycles. The SMILES string of the molecule is c1ccc2cc3c(cc2c1)c1c2c4ccccc4c4ccccc4c2ccc1n3-c1nc(-c2cccc3c2sc2ccccc23)c2sc3ccccc3c2n1. The molecule has 55 heavy (non-hydrogen) atoms. The molecule has 0 amide bonds. The highest BCUT2D eigenvalue weighted by Gasteiger charge is 2.24. The molecule has 4 aromatic heterocycles. The van der Waals surface area contributed by atoms with Gasteiger partial charge in [-0.25, -0.2) is 9.97 Å². The summed E-state index contributed by atoms with van der Waals surface area (Å²) in [5.74, 6) is 0.684. The summed E-state index contributed by atoms with van der Waals surface area (Å²) in [6.07, 6.45) is 0. The lowest BCUT2D eigenvalue weighted by Crippen LogP contribution is -2.03. The van der Waals surface area contributed by atoms with Crippen molar-refractivity contribution in [1.29, 1.82) is 0 Å². The molecular weight excluding hydrogens is 707 g/mol. The Morgan fingerprint density at radius 1 is 0.382 bits per heavy atom. The summed E-state index contributed by atoms with van der Waals surface area (Å²) in [4.78, 5) is 11.2. The van der Waals surface area contributed by atoms with Gasteiger partial charge in [0.25, 0.3) is 0 Å². The second-order valence-electron chi connectivity index (χ2n) is 14.5. The molecule has 254 valence electrons. The number of hydrogen-bond acceptors (Lipinski definition) is 4. The van der Waals surface area contributed by atoms with Gasteiger partial charge in [0.2, 0.25) is 5.95 Å². The average molecular weight is 734 g/mol. The maximum absolute atomic E-state index is 5.67. The molecule has 13 aromatic rings. The molecule has 0 aliphatic carbocycles. The minimum absolute atomic E-state index is 0.684. The zero-order valence-electron chi connectivity index (χ0n) is 29.2. The summed E-state index contributed by atoms with van der Waals surface area (Å²) < 4.78 is 7.20. The normalized spacial score (nSPS) is 12.4.